The monoisotopic (exact) mass is 285 g/mol. The molecule has 1 fully saturated rings. The number of anilines is 1. The lowest BCUT2D eigenvalue weighted by Gasteiger charge is -2.29. The number of nitrogens with one attached hydrogen (secondary N) is 2. The molecular formula is C18H27N3. The Balaban J connectivity index is 1.65. The van der Waals surface area contributed by atoms with Gasteiger partial charge in [0.25, 0.3) is 0 Å². The van der Waals surface area contributed by atoms with E-state index >= 15 is 0 Å². The van der Waals surface area contributed by atoms with Gasteiger partial charge in [-0.2, -0.15) is 5.10 Å². The summed E-state index contributed by atoms with van der Waals surface area (Å²) in [6.45, 7) is 7.16. The lowest BCUT2D eigenvalue weighted by molar-refractivity contribution is 0.214. The van der Waals surface area contributed by atoms with Crippen molar-refractivity contribution in [3.63, 3.8) is 0 Å². The molecule has 2 N–H and O–H groups in total. The zero-order valence-corrected chi connectivity index (χ0v) is 13.4. The lowest BCUT2D eigenvalue weighted by atomic mass is 9.76. The molecule has 0 aliphatic heterocycles. The summed E-state index contributed by atoms with van der Waals surface area (Å²) < 4.78 is 0. The summed E-state index contributed by atoms with van der Waals surface area (Å²) in [7, 11) is 0. The number of fused-ring (bicyclic) bond motifs is 1. The molecule has 114 valence electrons. The van der Waals surface area contributed by atoms with Crippen molar-refractivity contribution in [1.29, 1.82) is 0 Å². The predicted octanol–water partition coefficient (Wildman–Crippen LogP) is 4.97. The molecule has 0 saturated heterocycles. The molecule has 2 unspecified atom stereocenters. The standard InChI is InChI=1S/C18H27N3/c1-18(2,3)14-5-4-6-15(8-7-14)20-16-9-10-17-13(11-16)12-19-21-17/h9-12,14-15,20H,4-8H2,1-3H3,(H,19,21). The van der Waals surface area contributed by atoms with Gasteiger partial charge in [0.2, 0.25) is 0 Å². The highest BCUT2D eigenvalue weighted by Crippen LogP contribution is 2.37. The van der Waals surface area contributed by atoms with Crippen molar-refractivity contribution in [2.75, 3.05) is 5.32 Å². The maximum absolute atomic E-state index is 4.09. The molecule has 0 radical (unpaired) electrons. The van der Waals surface area contributed by atoms with E-state index < -0.39 is 0 Å². The second kappa shape index (κ2) is 5.70. The van der Waals surface area contributed by atoms with Crippen LogP contribution in [0.2, 0.25) is 0 Å². The van der Waals surface area contributed by atoms with Crippen molar-refractivity contribution in [1.82, 2.24) is 10.2 Å². The SMILES string of the molecule is CC(C)(C)C1CCCC(Nc2ccc3[nH]ncc3c2)CC1. The molecule has 3 nitrogen and oxygen atoms in total. The fourth-order valence-electron chi connectivity index (χ4n) is 3.58. The van der Waals surface area contributed by atoms with Gasteiger partial charge in [-0.15, -0.1) is 0 Å². The number of hydrogen-bond donors (Lipinski definition) is 2. The average molecular weight is 285 g/mol. The van der Waals surface area contributed by atoms with E-state index in [2.05, 4.69) is 54.5 Å². The van der Waals surface area contributed by atoms with E-state index in [4.69, 9.17) is 0 Å². The maximum Gasteiger partial charge on any atom is 0.0651 e. The summed E-state index contributed by atoms with van der Waals surface area (Å²) in [5.74, 6) is 0.862. The minimum atomic E-state index is 0.449. The summed E-state index contributed by atoms with van der Waals surface area (Å²) in [5, 5.41) is 12.0. The van der Waals surface area contributed by atoms with Gasteiger partial charge >= 0.3 is 0 Å². The molecule has 3 rings (SSSR count). The van der Waals surface area contributed by atoms with Gasteiger partial charge in [0.1, 0.15) is 0 Å². The molecule has 1 heterocycles. The van der Waals surface area contributed by atoms with E-state index in [0.29, 0.717) is 11.5 Å². The van der Waals surface area contributed by atoms with Gasteiger partial charge in [0, 0.05) is 17.1 Å². The highest BCUT2D eigenvalue weighted by Gasteiger charge is 2.27. The number of benzene rings is 1. The fourth-order valence-corrected chi connectivity index (χ4v) is 3.58. The van der Waals surface area contributed by atoms with Gasteiger partial charge in [-0.1, -0.05) is 27.2 Å². The van der Waals surface area contributed by atoms with Crippen molar-refractivity contribution in [3.05, 3.63) is 24.4 Å². The largest absolute Gasteiger partial charge is 0.382 e. The van der Waals surface area contributed by atoms with Crippen LogP contribution < -0.4 is 5.32 Å². The molecule has 1 aromatic heterocycles. The summed E-state index contributed by atoms with van der Waals surface area (Å²) in [6.07, 6.45) is 8.52. The Morgan fingerprint density at radius 1 is 1.14 bits per heavy atom. The molecule has 1 aliphatic carbocycles. The molecule has 1 aromatic carbocycles. The number of rotatable bonds is 2. The van der Waals surface area contributed by atoms with E-state index in [1.165, 1.54) is 43.2 Å². The highest BCUT2D eigenvalue weighted by atomic mass is 15.1. The third-order valence-electron chi connectivity index (χ3n) is 5.00. The Kier molecular flexibility index (Phi) is 3.92. The smallest absolute Gasteiger partial charge is 0.0651 e. The van der Waals surface area contributed by atoms with Crippen molar-refractivity contribution in [3.8, 4) is 0 Å². The molecule has 0 amide bonds. The first-order valence-electron chi connectivity index (χ1n) is 8.22. The number of aromatic nitrogens is 2. The molecule has 1 saturated carbocycles. The first-order valence-corrected chi connectivity index (χ1v) is 8.22. The maximum atomic E-state index is 4.09. The van der Waals surface area contributed by atoms with Gasteiger partial charge in [-0.05, 0) is 55.2 Å². The van der Waals surface area contributed by atoms with Crippen molar-refractivity contribution in [2.24, 2.45) is 11.3 Å². The molecule has 3 heteroatoms. The van der Waals surface area contributed by atoms with E-state index in [1.54, 1.807) is 0 Å². The van der Waals surface area contributed by atoms with Crippen LogP contribution >= 0.6 is 0 Å². The second-order valence-corrected chi connectivity index (χ2v) is 7.58. The fraction of sp³-hybridized carbons (Fsp3) is 0.611. The van der Waals surface area contributed by atoms with Gasteiger partial charge in [0.15, 0.2) is 0 Å². The predicted molar refractivity (Wildman–Crippen MR) is 89.5 cm³/mol. The summed E-state index contributed by atoms with van der Waals surface area (Å²) in [6, 6.07) is 7.08. The summed E-state index contributed by atoms with van der Waals surface area (Å²) in [4.78, 5) is 0. The van der Waals surface area contributed by atoms with Gasteiger partial charge < -0.3 is 5.32 Å². The van der Waals surface area contributed by atoms with E-state index in [9.17, 15) is 0 Å². The van der Waals surface area contributed by atoms with Crippen LogP contribution in [0.4, 0.5) is 5.69 Å². The zero-order chi connectivity index (χ0) is 14.9. The molecule has 2 aromatic rings. The van der Waals surface area contributed by atoms with E-state index in [1.807, 2.05) is 6.20 Å². The Morgan fingerprint density at radius 3 is 2.81 bits per heavy atom. The Hall–Kier alpha value is -1.51. The van der Waals surface area contributed by atoms with Crippen LogP contribution in [0.15, 0.2) is 24.4 Å². The van der Waals surface area contributed by atoms with E-state index in [-0.39, 0.29) is 0 Å². The Morgan fingerprint density at radius 2 is 2.00 bits per heavy atom. The van der Waals surface area contributed by atoms with Gasteiger partial charge in [0.05, 0.1) is 11.7 Å². The zero-order valence-electron chi connectivity index (χ0n) is 13.4. The molecule has 1 aliphatic rings. The minimum Gasteiger partial charge on any atom is -0.382 e. The Bertz CT molecular complexity index is 594. The minimum absolute atomic E-state index is 0.449. The van der Waals surface area contributed by atoms with Crippen LogP contribution in [0.1, 0.15) is 52.9 Å². The normalized spacial score (nSPS) is 24.0. The molecule has 0 bridgehead atoms. The lowest BCUT2D eigenvalue weighted by Crippen LogP contribution is -2.21. The van der Waals surface area contributed by atoms with Crippen LogP contribution in [0.25, 0.3) is 10.9 Å². The van der Waals surface area contributed by atoms with Crippen LogP contribution in [0, 0.1) is 11.3 Å². The van der Waals surface area contributed by atoms with Crippen LogP contribution in [-0.2, 0) is 0 Å². The molecule has 2 atom stereocenters. The van der Waals surface area contributed by atoms with Crippen LogP contribution in [0.5, 0.6) is 0 Å². The number of nitrogens with zero attached hydrogens (tertiary/aromatic N) is 1. The topological polar surface area (TPSA) is 40.7 Å². The third kappa shape index (κ3) is 3.39. The number of aromatic amines is 1. The Labute approximate surface area is 127 Å². The van der Waals surface area contributed by atoms with Gasteiger partial charge in [-0.3, -0.25) is 5.10 Å². The highest BCUT2D eigenvalue weighted by molar-refractivity contribution is 5.81. The number of H-pyrrole nitrogens is 1. The van der Waals surface area contributed by atoms with Crippen molar-refractivity contribution < 1.29 is 0 Å². The van der Waals surface area contributed by atoms with Crippen LogP contribution in [-0.4, -0.2) is 16.2 Å². The average Bonchev–Trinajstić information content (AvgIpc) is 2.75. The molecule has 21 heavy (non-hydrogen) atoms. The van der Waals surface area contributed by atoms with E-state index in [0.717, 1.165) is 11.4 Å². The first-order chi connectivity index (χ1) is 10.0. The first kappa shape index (κ1) is 14.4. The molecule has 0 spiro atoms. The quantitative estimate of drug-likeness (QED) is 0.765. The van der Waals surface area contributed by atoms with Crippen molar-refractivity contribution >= 4 is 16.6 Å². The number of hydrogen-bond acceptors (Lipinski definition) is 2. The molecular weight excluding hydrogens is 258 g/mol. The van der Waals surface area contributed by atoms with Crippen LogP contribution in [0.3, 0.4) is 0 Å². The third-order valence-corrected chi connectivity index (χ3v) is 5.00. The van der Waals surface area contributed by atoms with Crippen molar-refractivity contribution in [2.45, 2.75) is 58.9 Å². The second-order valence-electron chi connectivity index (χ2n) is 7.58. The summed E-state index contributed by atoms with van der Waals surface area (Å²) >= 11 is 0. The van der Waals surface area contributed by atoms with Gasteiger partial charge in [-0.25, -0.2) is 0 Å². The summed E-state index contributed by atoms with van der Waals surface area (Å²) in [5.41, 5.74) is 2.78.